The summed E-state index contributed by atoms with van der Waals surface area (Å²) in [5.74, 6) is 6.86. The molecule has 0 atom stereocenters. The van der Waals surface area contributed by atoms with Crippen molar-refractivity contribution in [3.63, 3.8) is 0 Å². The molecule has 0 spiro atoms. The van der Waals surface area contributed by atoms with Crippen molar-refractivity contribution in [2.24, 2.45) is 17.3 Å². The smallest absolute Gasteiger partial charge is 0.308 e. The van der Waals surface area contributed by atoms with Gasteiger partial charge in [-0.1, -0.05) is 11.8 Å². The maximum absolute atomic E-state index is 11.6. The standard InChI is InChI=1S/C16H23NO2/c1-4-19-15(18)14-7-5-13(6-8-14)9-10-16(2,3)11-12-17/h13-14H,4-8,11H2,1-3H3. The van der Waals surface area contributed by atoms with Crippen LogP contribution in [0.15, 0.2) is 0 Å². The zero-order valence-corrected chi connectivity index (χ0v) is 12.2. The van der Waals surface area contributed by atoms with Crippen LogP contribution in [0.2, 0.25) is 0 Å². The summed E-state index contributed by atoms with van der Waals surface area (Å²) in [6.45, 7) is 6.29. The molecule has 0 aromatic heterocycles. The van der Waals surface area contributed by atoms with Gasteiger partial charge in [-0.3, -0.25) is 4.79 Å². The van der Waals surface area contributed by atoms with E-state index in [2.05, 4.69) is 17.9 Å². The van der Waals surface area contributed by atoms with Gasteiger partial charge in [-0.25, -0.2) is 0 Å². The van der Waals surface area contributed by atoms with Gasteiger partial charge in [0.05, 0.1) is 25.0 Å². The van der Waals surface area contributed by atoms with Crippen LogP contribution in [0, 0.1) is 40.4 Å². The molecule has 19 heavy (non-hydrogen) atoms. The molecule has 1 aliphatic carbocycles. The van der Waals surface area contributed by atoms with E-state index in [9.17, 15) is 4.79 Å². The Morgan fingerprint density at radius 3 is 2.47 bits per heavy atom. The Kier molecular flexibility index (Phi) is 5.90. The van der Waals surface area contributed by atoms with Crippen molar-refractivity contribution >= 4 is 5.97 Å². The SMILES string of the molecule is CCOC(=O)C1CCC(C#CC(C)(C)CC#N)CC1. The third kappa shape index (κ3) is 5.35. The largest absolute Gasteiger partial charge is 0.466 e. The number of hydrogen-bond acceptors (Lipinski definition) is 3. The highest BCUT2D eigenvalue weighted by Gasteiger charge is 2.26. The van der Waals surface area contributed by atoms with Crippen molar-refractivity contribution in [2.45, 2.75) is 52.9 Å². The average Bonchev–Trinajstić information content (AvgIpc) is 2.37. The first-order valence-corrected chi connectivity index (χ1v) is 7.05. The predicted octanol–water partition coefficient (Wildman–Crippen LogP) is 3.30. The Morgan fingerprint density at radius 1 is 1.32 bits per heavy atom. The van der Waals surface area contributed by atoms with Gasteiger partial charge in [0.25, 0.3) is 0 Å². The molecule has 1 aliphatic rings. The summed E-state index contributed by atoms with van der Waals surface area (Å²) >= 11 is 0. The van der Waals surface area contributed by atoms with E-state index in [1.807, 2.05) is 20.8 Å². The maximum Gasteiger partial charge on any atom is 0.308 e. The molecule has 104 valence electrons. The predicted molar refractivity (Wildman–Crippen MR) is 73.9 cm³/mol. The summed E-state index contributed by atoms with van der Waals surface area (Å²) in [7, 11) is 0. The van der Waals surface area contributed by atoms with Crippen LogP contribution in [0.25, 0.3) is 0 Å². The zero-order chi connectivity index (χ0) is 14.3. The number of nitrogens with zero attached hydrogens (tertiary/aromatic N) is 1. The first-order valence-electron chi connectivity index (χ1n) is 7.05. The maximum atomic E-state index is 11.6. The molecule has 1 fully saturated rings. The van der Waals surface area contributed by atoms with E-state index in [0.29, 0.717) is 18.9 Å². The number of hydrogen-bond donors (Lipinski definition) is 0. The van der Waals surface area contributed by atoms with Gasteiger partial charge in [0.15, 0.2) is 0 Å². The second kappa shape index (κ2) is 7.19. The van der Waals surface area contributed by atoms with Crippen LogP contribution in [-0.2, 0) is 9.53 Å². The van der Waals surface area contributed by atoms with Gasteiger partial charge in [0.2, 0.25) is 0 Å². The molecule has 0 aromatic rings. The lowest BCUT2D eigenvalue weighted by Gasteiger charge is -2.24. The fourth-order valence-electron chi connectivity index (χ4n) is 2.27. The lowest BCUT2D eigenvalue weighted by molar-refractivity contribution is -0.149. The minimum atomic E-state index is -0.229. The van der Waals surface area contributed by atoms with Crippen molar-refractivity contribution in [3.05, 3.63) is 0 Å². The molecule has 0 unspecified atom stereocenters. The molecule has 0 N–H and O–H groups in total. The molecule has 1 rings (SSSR count). The van der Waals surface area contributed by atoms with Crippen molar-refractivity contribution in [2.75, 3.05) is 6.61 Å². The van der Waals surface area contributed by atoms with Gasteiger partial charge in [0.1, 0.15) is 0 Å². The summed E-state index contributed by atoms with van der Waals surface area (Å²) in [5.41, 5.74) is -0.229. The first kappa shape index (κ1) is 15.6. The van der Waals surface area contributed by atoms with Crippen LogP contribution in [0.4, 0.5) is 0 Å². The third-order valence-corrected chi connectivity index (χ3v) is 3.48. The molecule has 0 saturated heterocycles. The lowest BCUT2D eigenvalue weighted by Crippen LogP contribution is -2.23. The Labute approximate surface area is 116 Å². The minimum Gasteiger partial charge on any atom is -0.466 e. The summed E-state index contributed by atoms with van der Waals surface area (Å²) in [6, 6.07) is 2.17. The Balaban J connectivity index is 2.45. The summed E-state index contributed by atoms with van der Waals surface area (Å²) in [5, 5.41) is 8.72. The zero-order valence-electron chi connectivity index (χ0n) is 12.2. The van der Waals surface area contributed by atoms with Crippen molar-refractivity contribution < 1.29 is 9.53 Å². The molecule has 3 heteroatoms. The lowest BCUT2D eigenvalue weighted by atomic mass is 9.81. The van der Waals surface area contributed by atoms with Gasteiger partial charge >= 0.3 is 5.97 Å². The Hall–Kier alpha value is -1.48. The summed E-state index contributed by atoms with van der Waals surface area (Å²) in [6.07, 6.45) is 4.12. The van der Waals surface area contributed by atoms with E-state index >= 15 is 0 Å². The normalized spacial score (nSPS) is 22.8. The van der Waals surface area contributed by atoms with E-state index in [1.54, 1.807) is 0 Å². The molecule has 0 aromatic carbocycles. The molecule has 3 nitrogen and oxygen atoms in total. The third-order valence-electron chi connectivity index (χ3n) is 3.48. The second-order valence-corrected chi connectivity index (χ2v) is 5.79. The van der Waals surface area contributed by atoms with Gasteiger partial charge in [-0.2, -0.15) is 5.26 Å². The van der Waals surface area contributed by atoms with Gasteiger partial charge in [-0.05, 0) is 46.5 Å². The molecule has 0 amide bonds. The molecule has 0 aliphatic heterocycles. The highest BCUT2D eigenvalue weighted by atomic mass is 16.5. The average molecular weight is 261 g/mol. The number of rotatable bonds is 3. The summed E-state index contributed by atoms with van der Waals surface area (Å²) < 4.78 is 5.05. The second-order valence-electron chi connectivity index (χ2n) is 5.79. The molecule has 0 radical (unpaired) electrons. The van der Waals surface area contributed by atoms with Gasteiger partial charge in [0, 0.05) is 11.3 Å². The number of carbonyl (C=O) groups is 1. The van der Waals surface area contributed by atoms with Crippen LogP contribution < -0.4 is 0 Å². The van der Waals surface area contributed by atoms with Crippen LogP contribution in [0.5, 0.6) is 0 Å². The van der Waals surface area contributed by atoms with E-state index in [4.69, 9.17) is 10.00 Å². The molecule has 1 saturated carbocycles. The highest BCUT2D eigenvalue weighted by Crippen LogP contribution is 2.29. The van der Waals surface area contributed by atoms with Crippen LogP contribution in [0.1, 0.15) is 52.9 Å². The van der Waals surface area contributed by atoms with Crippen LogP contribution in [-0.4, -0.2) is 12.6 Å². The van der Waals surface area contributed by atoms with Crippen molar-refractivity contribution in [1.29, 1.82) is 5.26 Å². The molecule has 0 heterocycles. The van der Waals surface area contributed by atoms with Crippen molar-refractivity contribution in [1.82, 2.24) is 0 Å². The number of nitriles is 1. The fourth-order valence-corrected chi connectivity index (χ4v) is 2.27. The van der Waals surface area contributed by atoms with Crippen LogP contribution in [0.3, 0.4) is 0 Å². The van der Waals surface area contributed by atoms with E-state index in [1.165, 1.54) is 0 Å². The number of ether oxygens (including phenoxy) is 1. The monoisotopic (exact) mass is 261 g/mol. The van der Waals surface area contributed by atoms with Crippen molar-refractivity contribution in [3.8, 4) is 17.9 Å². The fraction of sp³-hybridized carbons (Fsp3) is 0.750. The Morgan fingerprint density at radius 2 is 1.95 bits per heavy atom. The first-order chi connectivity index (χ1) is 8.98. The quantitative estimate of drug-likeness (QED) is 0.578. The highest BCUT2D eigenvalue weighted by molar-refractivity contribution is 5.72. The van der Waals surface area contributed by atoms with E-state index in [0.717, 1.165) is 25.7 Å². The minimum absolute atomic E-state index is 0.0567. The van der Waals surface area contributed by atoms with E-state index in [-0.39, 0.29) is 17.3 Å². The molecular weight excluding hydrogens is 238 g/mol. The number of carbonyl (C=O) groups excluding carboxylic acids is 1. The van der Waals surface area contributed by atoms with Gasteiger partial charge in [-0.15, -0.1) is 0 Å². The molecular formula is C16H23NO2. The number of esters is 1. The van der Waals surface area contributed by atoms with Crippen LogP contribution >= 0.6 is 0 Å². The Bertz CT molecular complexity index is 401. The topological polar surface area (TPSA) is 50.1 Å². The van der Waals surface area contributed by atoms with Gasteiger partial charge < -0.3 is 4.74 Å². The molecule has 0 bridgehead atoms. The summed E-state index contributed by atoms with van der Waals surface area (Å²) in [4.78, 5) is 11.6. The van der Waals surface area contributed by atoms with E-state index < -0.39 is 0 Å².